The van der Waals surface area contributed by atoms with Crippen LogP contribution >= 0.6 is 15.9 Å². The minimum Gasteiger partial charge on any atom is -0.327 e. The van der Waals surface area contributed by atoms with Gasteiger partial charge in [0.25, 0.3) is 0 Å². The molecule has 1 atom stereocenters. The molecule has 0 aliphatic carbocycles. The van der Waals surface area contributed by atoms with Crippen LogP contribution in [0.1, 0.15) is 19.0 Å². The molecule has 0 saturated heterocycles. The van der Waals surface area contributed by atoms with Gasteiger partial charge in [-0.05, 0) is 22.4 Å². The van der Waals surface area contributed by atoms with Crippen molar-refractivity contribution in [2.45, 2.75) is 19.0 Å². The minimum absolute atomic E-state index is 0.0262. The maximum Gasteiger partial charge on any atom is 0.165 e. The van der Waals surface area contributed by atoms with E-state index < -0.39 is 5.67 Å². The highest BCUT2D eigenvalue weighted by Gasteiger charge is 2.33. The van der Waals surface area contributed by atoms with Crippen LogP contribution in [0.15, 0.2) is 10.7 Å². The Labute approximate surface area is 85.2 Å². The van der Waals surface area contributed by atoms with Crippen LogP contribution in [-0.4, -0.2) is 16.3 Å². The number of alkyl halides is 1. The van der Waals surface area contributed by atoms with Crippen molar-refractivity contribution in [2.75, 3.05) is 6.54 Å². The summed E-state index contributed by atoms with van der Waals surface area (Å²) in [6, 6.07) is 0. The van der Waals surface area contributed by atoms with Crippen molar-refractivity contribution in [3.8, 4) is 0 Å². The fourth-order valence-corrected chi connectivity index (χ4v) is 2.03. The third kappa shape index (κ3) is 1.76. The molecule has 74 valence electrons. The Balaban J connectivity index is 3.18. The molecule has 0 aliphatic rings. The van der Waals surface area contributed by atoms with Crippen LogP contribution in [0.3, 0.4) is 0 Å². The number of aryl methyl sites for hydroxylation is 1. The van der Waals surface area contributed by atoms with E-state index in [4.69, 9.17) is 5.73 Å². The lowest BCUT2D eigenvalue weighted by molar-refractivity contribution is 0.155. The second-order valence-electron chi connectivity index (χ2n) is 2.99. The summed E-state index contributed by atoms with van der Waals surface area (Å²) in [5, 5.41) is 3.95. The smallest absolute Gasteiger partial charge is 0.165 e. The first-order valence-corrected chi connectivity index (χ1v) is 4.91. The Hall–Kier alpha value is -0.420. The summed E-state index contributed by atoms with van der Waals surface area (Å²) in [6.07, 6.45) is 1.93. The van der Waals surface area contributed by atoms with Crippen LogP contribution in [0.2, 0.25) is 0 Å². The third-order valence-electron chi connectivity index (χ3n) is 2.20. The van der Waals surface area contributed by atoms with E-state index in [0.29, 0.717) is 16.6 Å². The first-order valence-electron chi connectivity index (χ1n) is 4.12. The predicted octanol–water partition coefficient (Wildman–Crippen LogP) is 1.72. The molecule has 1 rings (SSSR count). The number of hydrogen-bond acceptors (Lipinski definition) is 2. The summed E-state index contributed by atoms with van der Waals surface area (Å²) in [6.45, 7) is 1.74. The number of rotatable bonds is 3. The molecule has 0 amide bonds. The molecule has 1 unspecified atom stereocenters. The van der Waals surface area contributed by atoms with Crippen molar-refractivity contribution in [3.05, 3.63) is 16.4 Å². The number of nitrogens with two attached hydrogens (primary N) is 1. The molecule has 0 fully saturated rings. The van der Waals surface area contributed by atoms with Crippen LogP contribution in [-0.2, 0) is 12.7 Å². The average Bonchev–Trinajstić information content (AvgIpc) is 2.46. The summed E-state index contributed by atoms with van der Waals surface area (Å²) in [5.74, 6) is 0. The summed E-state index contributed by atoms with van der Waals surface area (Å²) < 4.78 is 16.3. The Morgan fingerprint density at radius 1 is 1.77 bits per heavy atom. The van der Waals surface area contributed by atoms with Gasteiger partial charge in [0, 0.05) is 13.6 Å². The Morgan fingerprint density at radius 2 is 2.38 bits per heavy atom. The molecular formula is C8H13BrFN3. The molecular weight excluding hydrogens is 237 g/mol. The van der Waals surface area contributed by atoms with E-state index in [1.165, 1.54) is 4.68 Å². The zero-order valence-corrected chi connectivity index (χ0v) is 9.31. The van der Waals surface area contributed by atoms with Crippen LogP contribution in [0.25, 0.3) is 0 Å². The van der Waals surface area contributed by atoms with Gasteiger partial charge in [-0.3, -0.25) is 4.68 Å². The van der Waals surface area contributed by atoms with Gasteiger partial charge in [0.1, 0.15) is 0 Å². The van der Waals surface area contributed by atoms with Gasteiger partial charge in [-0.25, -0.2) is 4.39 Å². The topological polar surface area (TPSA) is 43.8 Å². The molecule has 13 heavy (non-hydrogen) atoms. The van der Waals surface area contributed by atoms with E-state index in [9.17, 15) is 4.39 Å². The average molecular weight is 250 g/mol. The van der Waals surface area contributed by atoms with E-state index in [0.717, 1.165) is 0 Å². The Bertz CT molecular complexity index is 274. The zero-order chi connectivity index (χ0) is 10.1. The van der Waals surface area contributed by atoms with Gasteiger partial charge in [-0.1, -0.05) is 6.92 Å². The summed E-state index contributed by atoms with van der Waals surface area (Å²) in [4.78, 5) is 0. The fraction of sp³-hybridized carbons (Fsp3) is 0.625. The molecule has 0 aromatic carbocycles. The third-order valence-corrected chi connectivity index (χ3v) is 2.78. The molecule has 1 aromatic rings. The molecule has 0 radical (unpaired) electrons. The van der Waals surface area contributed by atoms with Crippen molar-refractivity contribution in [1.29, 1.82) is 0 Å². The quantitative estimate of drug-likeness (QED) is 0.887. The molecule has 2 N–H and O–H groups in total. The minimum atomic E-state index is -1.48. The van der Waals surface area contributed by atoms with E-state index >= 15 is 0 Å². The molecule has 1 heterocycles. The molecule has 3 nitrogen and oxygen atoms in total. The maximum absolute atomic E-state index is 14.1. The SMILES string of the molecule is CCC(F)(CN)c1c(Br)cnn1C. The molecule has 0 aliphatic heterocycles. The predicted molar refractivity (Wildman–Crippen MR) is 53.0 cm³/mol. The maximum atomic E-state index is 14.1. The fourth-order valence-electron chi connectivity index (χ4n) is 1.32. The number of hydrogen-bond donors (Lipinski definition) is 1. The van der Waals surface area contributed by atoms with E-state index in [1.807, 2.05) is 0 Å². The van der Waals surface area contributed by atoms with Gasteiger partial charge in [0.15, 0.2) is 5.67 Å². The highest BCUT2D eigenvalue weighted by Crippen LogP contribution is 2.33. The van der Waals surface area contributed by atoms with Crippen molar-refractivity contribution in [2.24, 2.45) is 12.8 Å². The molecule has 1 aromatic heterocycles. The summed E-state index contributed by atoms with van der Waals surface area (Å²) >= 11 is 3.26. The normalized spacial score (nSPS) is 15.8. The largest absolute Gasteiger partial charge is 0.327 e. The molecule has 0 saturated carbocycles. The molecule has 5 heteroatoms. The lowest BCUT2D eigenvalue weighted by atomic mass is 9.99. The van der Waals surface area contributed by atoms with Gasteiger partial charge < -0.3 is 5.73 Å². The van der Waals surface area contributed by atoms with Crippen molar-refractivity contribution >= 4 is 15.9 Å². The number of halogens is 2. The highest BCUT2D eigenvalue weighted by molar-refractivity contribution is 9.10. The second-order valence-corrected chi connectivity index (χ2v) is 3.84. The van der Waals surface area contributed by atoms with E-state index in [-0.39, 0.29) is 6.54 Å². The second kappa shape index (κ2) is 3.75. The van der Waals surface area contributed by atoms with Crippen LogP contribution in [0.5, 0.6) is 0 Å². The van der Waals surface area contributed by atoms with Gasteiger partial charge in [-0.2, -0.15) is 5.10 Å². The van der Waals surface area contributed by atoms with Crippen molar-refractivity contribution < 1.29 is 4.39 Å². The lowest BCUT2D eigenvalue weighted by Crippen LogP contribution is -2.32. The lowest BCUT2D eigenvalue weighted by Gasteiger charge is -2.22. The molecule has 0 bridgehead atoms. The summed E-state index contributed by atoms with van der Waals surface area (Å²) in [5.41, 5.74) is 4.44. The van der Waals surface area contributed by atoms with Crippen LogP contribution in [0.4, 0.5) is 4.39 Å². The van der Waals surface area contributed by atoms with Crippen molar-refractivity contribution in [3.63, 3.8) is 0 Å². The van der Waals surface area contributed by atoms with Crippen LogP contribution < -0.4 is 5.73 Å². The summed E-state index contributed by atoms with van der Waals surface area (Å²) in [7, 11) is 1.71. The van der Waals surface area contributed by atoms with Gasteiger partial charge in [-0.15, -0.1) is 0 Å². The number of nitrogens with zero attached hydrogens (tertiary/aromatic N) is 2. The Morgan fingerprint density at radius 3 is 2.69 bits per heavy atom. The first kappa shape index (κ1) is 10.7. The monoisotopic (exact) mass is 249 g/mol. The van der Waals surface area contributed by atoms with E-state index in [2.05, 4.69) is 21.0 Å². The first-order chi connectivity index (χ1) is 6.05. The Kier molecular flexibility index (Phi) is 3.08. The highest BCUT2D eigenvalue weighted by atomic mass is 79.9. The zero-order valence-electron chi connectivity index (χ0n) is 7.72. The standard InChI is InChI=1S/C8H13BrFN3/c1-3-8(10,5-11)7-6(9)4-12-13(7)2/h4H,3,5,11H2,1-2H3. The van der Waals surface area contributed by atoms with Crippen molar-refractivity contribution in [1.82, 2.24) is 9.78 Å². The van der Waals surface area contributed by atoms with Gasteiger partial charge in [0.2, 0.25) is 0 Å². The van der Waals surface area contributed by atoms with Gasteiger partial charge >= 0.3 is 0 Å². The molecule has 0 spiro atoms. The van der Waals surface area contributed by atoms with Crippen LogP contribution in [0, 0.1) is 0 Å². The van der Waals surface area contributed by atoms with Gasteiger partial charge in [0.05, 0.1) is 16.4 Å². The number of aromatic nitrogens is 2. The van der Waals surface area contributed by atoms with E-state index in [1.54, 1.807) is 20.2 Å².